The summed E-state index contributed by atoms with van der Waals surface area (Å²) in [7, 11) is 0. The first-order valence-corrected chi connectivity index (χ1v) is 3.93. The summed E-state index contributed by atoms with van der Waals surface area (Å²) >= 11 is 0. The Labute approximate surface area is 76.8 Å². The highest BCUT2D eigenvalue weighted by atomic mass is 16.3. The van der Waals surface area contributed by atoms with Crippen LogP contribution in [-0.2, 0) is 6.54 Å². The topological polar surface area (TPSA) is 72.0 Å². The molecular weight excluding hydrogens is 166 g/mol. The molecule has 1 atom stereocenters. The molecule has 1 rings (SSSR count). The molecule has 13 heavy (non-hydrogen) atoms. The predicted molar refractivity (Wildman–Crippen MR) is 48.5 cm³/mol. The van der Waals surface area contributed by atoms with Crippen LogP contribution in [0.3, 0.4) is 0 Å². The number of rotatable bonds is 1. The number of hydrogen-bond donors (Lipinski definition) is 2. The molecule has 0 saturated heterocycles. The molecule has 4 heteroatoms. The van der Waals surface area contributed by atoms with E-state index in [1.165, 1.54) is 0 Å². The molecule has 1 aromatic heterocycles. The van der Waals surface area contributed by atoms with E-state index >= 15 is 0 Å². The van der Waals surface area contributed by atoms with Crippen LogP contribution in [0.5, 0.6) is 0 Å². The Morgan fingerprint density at radius 2 is 2.15 bits per heavy atom. The molecule has 0 aliphatic carbocycles. The highest BCUT2D eigenvalue weighted by Crippen LogP contribution is 1.93. The largest absolute Gasteiger partial charge is 0.381 e. The van der Waals surface area contributed by atoms with Crippen LogP contribution >= 0.6 is 0 Å². The van der Waals surface area contributed by atoms with Crippen molar-refractivity contribution in [3.8, 4) is 11.8 Å². The van der Waals surface area contributed by atoms with Crippen molar-refractivity contribution in [3.63, 3.8) is 0 Å². The molecule has 68 valence electrons. The van der Waals surface area contributed by atoms with E-state index in [0.717, 1.165) is 0 Å². The van der Waals surface area contributed by atoms with Crippen LogP contribution in [0.2, 0.25) is 0 Å². The molecule has 0 aliphatic heterocycles. The van der Waals surface area contributed by atoms with Gasteiger partial charge >= 0.3 is 0 Å². The van der Waals surface area contributed by atoms with Gasteiger partial charge in [-0.1, -0.05) is 11.8 Å². The molecule has 0 amide bonds. The van der Waals surface area contributed by atoms with E-state index in [2.05, 4.69) is 21.8 Å². The third kappa shape index (κ3) is 3.20. The monoisotopic (exact) mass is 177 g/mol. The lowest BCUT2D eigenvalue weighted by Gasteiger charge is -1.93. The fourth-order valence-electron chi connectivity index (χ4n) is 0.713. The minimum atomic E-state index is -0.630. The van der Waals surface area contributed by atoms with Gasteiger partial charge in [-0.05, 0) is 6.92 Å². The quantitative estimate of drug-likeness (QED) is 0.576. The summed E-state index contributed by atoms with van der Waals surface area (Å²) in [5, 5.41) is 8.88. The normalized spacial score (nSPS) is 11.6. The standard InChI is InChI=1S/C9H11N3O/c1-7(13)2-3-8-5-11-9(4-10)12-6-8/h5-7,13H,4,10H2,1H3/t7-/m0/s1. The van der Waals surface area contributed by atoms with Gasteiger partial charge < -0.3 is 10.8 Å². The number of aliphatic hydroxyl groups is 1. The minimum absolute atomic E-state index is 0.324. The second-order valence-corrected chi connectivity index (χ2v) is 2.54. The first-order valence-electron chi connectivity index (χ1n) is 3.93. The molecule has 1 heterocycles. The molecular formula is C9H11N3O. The average molecular weight is 177 g/mol. The number of hydrogen-bond acceptors (Lipinski definition) is 4. The van der Waals surface area contributed by atoms with Crippen LogP contribution in [0, 0.1) is 11.8 Å². The summed E-state index contributed by atoms with van der Waals surface area (Å²) in [5.74, 6) is 5.91. The third-order valence-electron chi connectivity index (χ3n) is 1.31. The van der Waals surface area contributed by atoms with Gasteiger partial charge in [-0.2, -0.15) is 0 Å². The molecule has 1 aromatic rings. The summed E-state index contributed by atoms with van der Waals surface area (Å²) in [6.07, 6.45) is 2.55. The van der Waals surface area contributed by atoms with Crippen LogP contribution in [-0.4, -0.2) is 21.2 Å². The molecule has 3 N–H and O–H groups in total. The minimum Gasteiger partial charge on any atom is -0.381 e. The molecule has 0 radical (unpaired) electrons. The number of aliphatic hydroxyl groups excluding tert-OH is 1. The first-order chi connectivity index (χ1) is 6.22. The van der Waals surface area contributed by atoms with E-state index in [9.17, 15) is 0 Å². The lowest BCUT2D eigenvalue weighted by atomic mass is 10.3. The van der Waals surface area contributed by atoms with E-state index in [0.29, 0.717) is 17.9 Å². The van der Waals surface area contributed by atoms with Crippen molar-refractivity contribution >= 4 is 0 Å². The van der Waals surface area contributed by atoms with Crippen molar-refractivity contribution in [1.29, 1.82) is 0 Å². The smallest absolute Gasteiger partial charge is 0.141 e. The van der Waals surface area contributed by atoms with Crippen LogP contribution in [0.25, 0.3) is 0 Å². The molecule has 0 aromatic carbocycles. The second-order valence-electron chi connectivity index (χ2n) is 2.54. The van der Waals surface area contributed by atoms with E-state index < -0.39 is 6.10 Å². The first kappa shape index (κ1) is 9.65. The molecule has 0 spiro atoms. The van der Waals surface area contributed by atoms with Crippen molar-refractivity contribution in [2.24, 2.45) is 5.73 Å². The molecule has 0 aliphatic rings. The highest BCUT2D eigenvalue weighted by molar-refractivity contribution is 5.30. The second kappa shape index (κ2) is 4.55. The Hall–Kier alpha value is -1.44. The summed E-state index contributed by atoms with van der Waals surface area (Å²) < 4.78 is 0. The van der Waals surface area contributed by atoms with E-state index in [1.807, 2.05) is 0 Å². The van der Waals surface area contributed by atoms with E-state index in [4.69, 9.17) is 10.8 Å². The van der Waals surface area contributed by atoms with Gasteiger partial charge in [0.1, 0.15) is 11.9 Å². The van der Waals surface area contributed by atoms with Gasteiger partial charge in [-0.15, -0.1) is 0 Å². The van der Waals surface area contributed by atoms with Crippen molar-refractivity contribution in [2.45, 2.75) is 19.6 Å². The maximum absolute atomic E-state index is 8.88. The Morgan fingerprint density at radius 1 is 1.54 bits per heavy atom. The van der Waals surface area contributed by atoms with Crippen LogP contribution in [0.1, 0.15) is 18.3 Å². The fraction of sp³-hybridized carbons (Fsp3) is 0.333. The van der Waals surface area contributed by atoms with Gasteiger partial charge in [-0.25, -0.2) is 9.97 Å². The number of aromatic nitrogens is 2. The van der Waals surface area contributed by atoms with Crippen molar-refractivity contribution < 1.29 is 5.11 Å². The van der Waals surface area contributed by atoms with Crippen LogP contribution < -0.4 is 5.73 Å². The van der Waals surface area contributed by atoms with Crippen molar-refractivity contribution in [1.82, 2.24) is 9.97 Å². The van der Waals surface area contributed by atoms with Crippen LogP contribution in [0.15, 0.2) is 12.4 Å². The zero-order valence-corrected chi connectivity index (χ0v) is 7.36. The maximum atomic E-state index is 8.88. The third-order valence-corrected chi connectivity index (χ3v) is 1.31. The average Bonchev–Trinajstić information content (AvgIpc) is 2.15. The summed E-state index contributed by atoms with van der Waals surface area (Å²) in [4.78, 5) is 7.91. The van der Waals surface area contributed by atoms with Gasteiger partial charge in [0, 0.05) is 12.4 Å². The van der Waals surface area contributed by atoms with E-state index in [1.54, 1.807) is 19.3 Å². The summed E-state index contributed by atoms with van der Waals surface area (Å²) in [5.41, 5.74) is 6.00. The Kier molecular flexibility index (Phi) is 3.38. The maximum Gasteiger partial charge on any atom is 0.141 e. The Balaban J connectivity index is 2.77. The highest BCUT2D eigenvalue weighted by Gasteiger charge is 1.92. The van der Waals surface area contributed by atoms with Gasteiger partial charge in [0.05, 0.1) is 12.1 Å². The summed E-state index contributed by atoms with van der Waals surface area (Å²) in [6.45, 7) is 1.92. The zero-order chi connectivity index (χ0) is 9.68. The molecule has 0 saturated carbocycles. The Bertz CT molecular complexity index is 321. The van der Waals surface area contributed by atoms with Gasteiger partial charge in [0.25, 0.3) is 0 Å². The molecule has 0 fully saturated rings. The number of nitrogens with two attached hydrogens (primary N) is 1. The lowest BCUT2D eigenvalue weighted by molar-refractivity contribution is 0.253. The van der Waals surface area contributed by atoms with Crippen molar-refractivity contribution in [3.05, 3.63) is 23.8 Å². The van der Waals surface area contributed by atoms with Gasteiger partial charge in [-0.3, -0.25) is 0 Å². The van der Waals surface area contributed by atoms with Gasteiger partial charge in [0.2, 0.25) is 0 Å². The molecule has 0 unspecified atom stereocenters. The molecule has 0 bridgehead atoms. The van der Waals surface area contributed by atoms with E-state index in [-0.39, 0.29) is 0 Å². The van der Waals surface area contributed by atoms with Crippen LogP contribution in [0.4, 0.5) is 0 Å². The SMILES string of the molecule is C[C@H](O)C#Cc1cnc(CN)nc1. The number of nitrogens with zero attached hydrogens (tertiary/aromatic N) is 2. The summed E-state index contributed by atoms with van der Waals surface area (Å²) in [6, 6.07) is 0. The zero-order valence-electron chi connectivity index (χ0n) is 7.36. The lowest BCUT2D eigenvalue weighted by Crippen LogP contribution is -2.02. The Morgan fingerprint density at radius 3 is 2.62 bits per heavy atom. The predicted octanol–water partition coefficient (Wildman–Crippen LogP) is -0.332. The molecule has 4 nitrogen and oxygen atoms in total. The fourth-order valence-corrected chi connectivity index (χ4v) is 0.713. The van der Waals surface area contributed by atoms with Crippen molar-refractivity contribution in [2.75, 3.05) is 0 Å². The van der Waals surface area contributed by atoms with Gasteiger partial charge in [0.15, 0.2) is 0 Å².